The second-order valence-electron chi connectivity index (χ2n) is 4.64. The Morgan fingerprint density at radius 2 is 2.14 bits per heavy atom. The Labute approximate surface area is 126 Å². The number of hydrogen-bond acceptors (Lipinski definition) is 5. The Hall–Kier alpha value is -2.13. The highest BCUT2D eigenvalue weighted by Crippen LogP contribution is 2.18. The lowest BCUT2D eigenvalue weighted by atomic mass is 10.3. The number of aliphatic carboxylic acids is 1. The number of aryl methyl sites for hydroxylation is 1. The molecule has 0 saturated heterocycles. The van der Waals surface area contributed by atoms with Gasteiger partial charge in [0.15, 0.2) is 5.58 Å². The third kappa shape index (κ3) is 3.37. The minimum atomic E-state index is -3.77. The smallest absolute Gasteiger partial charge is 0.419 e. The number of rotatable bonds is 7. The van der Waals surface area contributed by atoms with Crippen LogP contribution in [0.5, 0.6) is 0 Å². The van der Waals surface area contributed by atoms with Crippen LogP contribution in [0.1, 0.15) is 19.8 Å². The predicted molar refractivity (Wildman–Crippen MR) is 78.2 cm³/mol. The molecule has 0 aliphatic rings. The summed E-state index contributed by atoms with van der Waals surface area (Å²) in [5, 5.41) is 8.51. The fourth-order valence-corrected chi connectivity index (χ4v) is 3.13. The molecular weight excluding hydrogens is 312 g/mol. The summed E-state index contributed by atoms with van der Waals surface area (Å²) < 4.78 is 32.9. The van der Waals surface area contributed by atoms with Gasteiger partial charge in [-0.15, -0.1) is 0 Å². The number of benzene rings is 1. The molecule has 8 nitrogen and oxygen atoms in total. The molecule has 9 heteroatoms. The Bertz CT molecular complexity index is 849. The highest BCUT2D eigenvalue weighted by atomic mass is 32.2. The van der Waals surface area contributed by atoms with Gasteiger partial charge in [0, 0.05) is 25.6 Å². The summed E-state index contributed by atoms with van der Waals surface area (Å²) in [5.74, 6) is -1.52. The van der Waals surface area contributed by atoms with Crippen LogP contribution in [-0.2, 0) is 21.4 Å². The number of fused-ring (bicyclic) bond motifs is 1. The number of oxazole rings is 1. The van der Waals surface area contributed by atoms with Crippen LogP contribution in [0.2, 0.25) is 0 Å². The summed E-state index contributed by atoms with van der Waals surface area (Å²) in [7, 11) is -3.77. The third-order valence-corrected chi connectivity index (χ3v) is 4.58. The summed E-state index contributed by atoms with van der Waals surface area (Å²) in [6.45, 7) is 2.23. The molecular formula is C13H16N2O6S. The van der Waals surface area contributed by atoms with Crippen molar-refractivity contribution in [2.45, 2.75) is 31.2 Å². The Morgan fingerprint density at radius 3 is 2.77 bits per heavy atom. The first kappa shape index (κ1) is 16.2. The van der Waals surface area contributed by atoms with E-state index >= 15 is 0 Å². The molecule has 0 spiro atoms. The average Bonchev–Trinajstić information content (AvgIpc) is 2.77. The van der Waals surface area contributed by atoms with E-state index < -0.39 is 21.7 Å². The molecule has 2 rings (SSSR count). The Balaban J connectivity index is 2.22. The van der Waals surface area contributed by atoms with Gasteiger partial charge >= 0.3 is 11.7 Å². The first-order chi connectivity index (χ1) is 10.3. The van der Waals surface area contributed by atoms with Gasteiger partial charge in [-0.3, -0.25) is 9.36 Å². The molecule has 1 heterocycles. The van der Waals surface area contributed by atoms with Gasteiger partial charge in [-0.25, -0.2) is 17.9 Å². The molecule has 0 saturated carbocycles. The SMILES string of the molecule is CCn1c(=O)oc2cc(S(=O)(=O)NCCCC(=O)O)ccc21. The van der Waals surface area contributed by atoms with E-state index in [2.05, 4.69) is 4.72 Å². The monoisotopic (exact) mass is 328 g/mol. The maximum Gasteiger partial charge on any atom is 0.419 e. The van der Waals surface area contributed by atoms with Crippen LogP contribution in [0.15, 0.2) is 32.3 Å². The first-order valence-corrected chi connectivity index (χ1v) is 8.18. The molecule has 0 unspecified atom stereocenters. The van der Waals surface area contributed by atoms with Crippen LogP contribution < -0.4 is 10.5 Å². The fraction of sp³-hybridized carbons (Fsp3) is 0.385. The fourth-order valence-electron chi connectivity index (χ4n) is 2.04. The van der Waals surface area contributed by atoms with E-state index in [0.717, 1.165) is 0 Å². The van der Waals surface area contributed by atoms with Crippen LogP contribution in [0.3, 0.4) is 0 Å². The Morgan fingerprint density at radius 1 is 1.41 bits per heavy atom. The van der Waals surface area contributed by atoms with Crippen LogP contribution >= 0.6 is 0 Å². The third-order valence-electron chi connectivity index (χ3n) is 3.13. The van der Waals surface area contributed by atoms with Gasteiger partial charge in [0.25, 0.3) is 0 Å². The van der Waals surface area contributed by atoms with Gasteiger partial charge in [-0.05, 0) is 25.5 Å². The van der Waals surface area contributed by atoms with Crippen molar-refractivity contribution in [3.8, 4) is 0 Å². The summed E-state index contributed by atoms with van der Waals surface area (Å²) in [6, 6.07) is 4.17. The van der Waals surface area contributed by atoms with E-state index in [1.807, 2.05) is 0 Å². The van der Waals surface area contributed by atoms with Gasteiger partial charge in [-0.1, -0.05) is 0 Å². The van der Waals surface area contributed by atoms with E-state index in [-0.39, 0.29) is 29.9 Å². The minimum Gasteiger partial charge on any atom is -0.481 e. The molecule has 120 valence electrons. The van der Waals surface area contributed by atoms with Crippen molar-refractivity contribution >= 4 is 27.1 Å². The number of carboxylic acid groups (broad SMARTS) is 1. The lowest BCUT2D eigenvalue weighted by Gasteiger charge is -2.06. The normalized spacial score (nSPS) is 11.9. The number of nitrogens with zero attached hydrogens (tertiary/aromatic N) is 1. The second kappa shape index (κ2) is 6.32. The summed E-state index contributed by atoms with van der Waals surface area (Å²) >= 11 is 0. The number of sulfonamides is 1. The number of nitrogens with one attached hydrogen (secondary N) is 1. The van der Waals surface area contributed by atoms with E-state index in [4.69, 9.17) is 9.52 Å². The highest BCUT2D eigenvalue weighted by molar-refractivity contribution is 7.89. The molecule has 1 aromatic carbocycles. The summed E-state index contributed by atoms with van der Waals surface area (Å²) in [4.78, 5) is 21.9. The van der Waals surface area contributed by atoms with Crippen molar-refractivity contribution in [1.82, 2.24) is 9.29 Å². The zero-order valence-electron chi connectivity index (χ0n) is 11.9. The van der Waals surface area contributed by atoms with Crippen molar-refractivity contribution in [3.05, 3.63) is 28.7 Å². The molecule has 0 radical (unpaired) electrons. The largest absolute Gasteiger partial charge is 0.481 e. The second-order valence-corrected chi connectivity index (χ2v) is 6.40. The number of carboxylic acids is 1. The molecule has 0 fully saturated rings. The summed E-state index contributed by atoms with van der Waals surface area (Å²) in [5.41, 5.74) is 0.720. The lowest BCUT2D eigenvalue weighted by Crippen LogP contribution is -2.25. The van der Waals surface area contributed by atoms with Crippen molar-refractivity contribution in [2.24, 2.45) is 0 Å². The van der Waals surface area contributed by atoms with E-state index in [9.17, 15) is 18.0 Å². The minimum absolute atomic E-state index is 0.0204. The van der Waals surface area contributed by atoms with E-state index in [0.29, 0.717) is 12.1 Å². The molecule has 0 amide bonds. The van der Waals surface area contributed by atoms with Crippen molar-refractivity contribution in [2.75, 3.05) is 6.54 Å². The first-order valence-electron chi connectivity index (χ1n) is 6.70. The van der Waals surface area contributed by atoms with Crippen LogP contribution in [0.4, 0.5) is 0 Å². The molecule has 0 aliphatic heterocycles. The standard InChI is InChI=1S/C13H16N2O6S/c1-2-15-10-6-5-9(8-11(10)21-13(15)18)22(19,20)14-7-3-4-12(16)17/h5-6,8,14H,2-4,7H2,1H3,(H,16,17). The number of carbonyl (C=O) groups is 1. The van der Waals surface area contributed by atoms with E-state index in [1.54, 1.807) is 6.92 Å². The number of aromatic nitrogens is 1. The maximum absolute atomic E-state index is 12.1. The molecule has 2 N–H and O–H groups in total. The zero-order chi connectivity index (χ0) is 16.3. The van der Waals surface area contributed by atoms with Gasteiger partial charge in [0.2, 0.25) is 10.0 Å². The number of hydrogen-bond donors (Lipinski definition) is 2. The topological polar surface area (TPSA) is 119 Å². The molecule has 0 aliphatic carbocycles. The van der Waals surface area contributed by atoms with Crippen LogP contribution in [0, 0.1) is 0 Å². The van der Waals surface area contributed by atoms with Gasteiger partial charge < -0.3 is 9.52 Å². The maximum atomic E-state index is 12.1. The van der Waals surface area contributed by atoms with Crippen LogP contribution in [0.25, 0.3) is 11.1 Å². The highest BCUT2D eigenvalue weighted by Gasteiger charge is 2.17. The van der Waals surface area contributed by atoms with Crippen molar-refractivity contribution in [3.63, 3.8) is 0 Å². The lowest BCUT2D eigenvalue weighted by molar-refractivity contribution is -0.137. The van der Waals surface area contributed by atoms with E-state index in [1.165, 1.54) is 22.8 Å². The van der Waals surface area contributed by atoms with Crippen molar-refractivity contribution in [1.29, 1.82) is 0 Å². The van der Waals surface area contributed by atoms with Crippen molar-refractivity contribution < 1.29 is 22.7 Å². The summed E-state index contributed by atoms with van der Waals surface area (Å²) in [6.07, 6.45) is 0.0773. The molecule has 0 atom stereocenters. The quantitative estimate of drug-likeness (QED) is 0.724. The van der Waals surface area contributed by atoms with Crippen LogP contribution in [-0.4, -0.2) is 30.6 Å². The molecule has 2 aromatic rings. The van der Waals surface area contributed by atoms with Gasteiger partial charge in [-0.2, -0.15) is 0 Å². The average molecular weight is 328 g/mol. The zero-order valence-corrected chi connectivity index (χ0v) is 12.7. The van der Waals surface area contributed by atoms with Gasteiger partial charge in [0.05, 0.1) is 10.4 Å². The molecule has 0 bridgehead atoms. The molecule has 1 aromatic heterocycles. The Kier molecular flexibility index (Phi) is 4.67. The molecule has 22 heavy (non-hydrogen) atoms. The predicted octanol–water partition coefficient (Wildman–Crippen LogP) is 0.757. The van der Waals surface area contributed by atoms with Gasteiger partial charge in [0.1, 0.15) is 0 Å².